The molecule has 0 aliphatic carbocycles. The van der Waals surface area contributed by atoms with Crippen LogP contribution in [0, 0.1) is 13.8 Å². The van der Waals surface area contributed by atoms with Gasteiger partial charge in [0.25, 0.3) is 0 Å². The van der Waals surface area contributed by atoms with Crippen molar-refractivity contribution in [3.63, 3.8) is 0 Å². The molecule has 1 N–H and O–H groups in total. The van der Waals surface area contributed by atoms with Gasteiger partial charge in [-0.25, -0.2) is 0 Å². The molecule has 0 fully saturated rings. The monoisotopic (exact) mass is 440 g/mol. The van der Waals surface area contributed by atoms with E-state index in [4.69, 9.17) is 9.47 Å². The smallest absolute Gasteiger partial charge is 0.234 e. The molecular weight excluding hydrogens is 412 g/mol. The van der Waals surface area contributed by atoms with E-state index >= 15 is 0 Å². The molecule has 8 heteroatoms. The van der Waals surface area contributed by atoms with Gasteiger partial charge in [0, 0.05) is 7.05 Å². The summed E-state index contributed by atoms with van der Waals surface area (Å²) in [7, 11) is 1.88. The number of aryl methyl sites for hydroxylation is 1. The van der Waals surface area contributed by atoms with E-state index in [9.17, 15) is 4.79 Å². The number of para-hydroxylation sites is 2. The van der Waals surface area contributed by atoms with Gasteiger partial charge in [-0.1, -0.05) is 36.0 Å². The summed E-state index contributed by atoms with van der Waals surface area (Å²) >= 11 is 1.32. The maximum Gasteiger partial charge on any atom is 0.234 e. The number of benzene rings is 2. The lowest BCUT2D eigenvalue weighted by Crippen LogP contribution is -2.15. The van der Waals surface area contributed by atoms with Gasteiger partial charge in [-0.2, -0.15) is 0 Å². The van der Waals surface area contributed by atoms with Gasteiger partial charge in [-0.3, -0.25) is 4.79 Å². The zero-order valence-electron chi connectivity index (χ0n) is 18.5. The average molecular weight is 441 g/mol. The van der Waals surface area contributed by atoms with Crippen LogP contribution in [0.4, 0.5) is 5.69 Å². The standard InChI is InChI=1S/C23H28N4O3S/c1-6-29-20-12-8-7-11-18(20)24-21(28)14-31-23-26-25-22(27(23)5)17(4)30-19-13-9-10-15(2)16(19)3/h7-13,17H,6,14H2,1-5H3,(H,24,28). The molecule has 0 saturated heterocycles. The molecule has 0 spiro atoms. The van der Waals surface area contributed by atoms with E-state index in [0.29, 0.717) is 29.0 Å². The quantitative estimate of drug-likeness (QED) is 0.486. The normalized spacial score (nSPS) is 11.8. The molecule has 0 saturated carbocycles. The number of carbonyl (C=O) groups excluding carboxylic acids is 1. The van der Waals surface area contributed by atoms with Gasteiger partial charge in [-0.05, 0) is 57.0 Å². The van der Waals surface area contributed by atoms with Crippen LogP contribution in [0.15, 0.2) is 47.6 Å². The number of nitrogens with zero attached hydrogens (tertiary/aromatic N) is 3. The topological polar surface area (TPSA) is 78.3 Å². The first kappa shape index (κ1) is 22.7. The van der Waals surface area contributed by atoms with Gasteiger partial charge in [0.1, 0.15) is 11.5 Å². The van der Waals surface area contributed by atoms with Crippen molar-refractivity contribution in [1.29, 1.82) is 0 Å². The SMILES string of the molecule is CCOc1ccccc1NC(=O)CSc1nnc(C(C)Oc2cccc(C)c2C)n1C. The van der Waals surface area contributed by atoms with Crippen molar-refractivity contribution in [3.05, 3.63) is 59.4 Å². The second-order valence-corrected chi connectivity index (χ2v) is 8.07. The van der Waals surface area contributed by atoms with E-state index in [-0.39, 0.29) is 17.8 Å². The first-order chi connectivity index (χ1) is 14.9. The second-order valence-electron chi connectivity index (χ2n) is 7.12. The summed E-state index contributed by atoms with van der Waals surface area (Å²) in [4.78, 5) is 12.4. The Labute approximate surface area is 187 Å². The first-order valence-corrected chi connectivity index (χ1v) is 11.2. The number of hydrogen-bond donors (Lipinski definition) is 1. The molecule has 2 aromatic carbocycles. The summed E-state index contributed by atoms with van der Waals surface area (Å²) in [6, 6.07) is 13.4. The van der Waals surface area contributed by atoms with Gasteiger partial charge in [0.2, 0.25) is 5.91 Å². The lowest BCUT2D eigenvalue weighted by Gasteiger charge is -2.17. The molecule has 1 amide bonds. The zero-order valence-corrected chi connectivity index (χ0v) is 19.3. The number of hydrogen-bond acceptors (Lipinski definition) is 6. The third-order valence-corrected chi connectivity index (χ3v) is 5.90. The van der Waals surface area contributed by atoms with Crippen molar-refractivity contribution < 1.29 is 14.3 Å². The van der Waals surface area contributed by atoms with Gasteiger partial charge in [0.05, 0.1) is 18.0 Å². The number of thioether (sulfide) groups is 1. The van der Waals surface area contributed by atoms with Crippen LogP contribution < -0.4 is 14.8 Å². The van der Waals surface area contributed by atoms with Crippen molar-refractivity contribution in [2.75, 3.05) is 17.7 Å². The first-order valence-electron chi connectivity index (χ1n) is 10.2. The number of ether oxygens (including phenoxy) is 2. The molecule has 1 aromatic heterocycles. The minimum atomic E-state index is -0.278. The van der Waals surface area contributed by atoms with E-state index in [1.54, 1.807) is 0 Å². The summed E-state index contributed by atoms with van der Waals surface area (Å²) in [6.45, 7) is 8.48. The van der Waals surface area contributed by atoms with Gasteiger partial charge in [0.15, 0.2) is 17.1 Å². The molecular formula is C23H28N4O3S. The number of amides is 1. The molecule has 7 nitrogen and oxygen atoms in total. The van der Waals surface area contributed by atoms with E-state index in [0.717, 1.165) is 11.3 Å². The highest BCUT2D eigenvalue weighted by atomic mass is 32.2. The molecule has 0 aliphatic rings. The number of carbonyl (C=O) groups is 1. The Bertz CT molecular complexity index is 1050. The predicted octanol–water partition coefficient (Wildman–Crippen LogP) is 4.70. The molecule has 3 rings (SSSR count). The lowest BCUT2D eigenvalue weighted by molar-refractivity contribution is -0.113. The Kier molecular flexibility index (Phi) is 7.57. The highest BCUT2D eigenvalue weighted by Gasteiger charge is 2.19. The van der Waals surface area contributed by atoms with Crippen LogP contribution in [0.5, 0.6) is 11.5 Å². The maximum atomic E-state index is 12.4. The van der Waals surface area contributed by atoms with E-state index in [2.05, 4.69) is 28.5 Å². The lowest BCUT2D eigenvalue weighted by atomic mass is 10.1. The van der Waals surface area contributed by atoms with Gasteiger partial charge >= 0.3 is 0 Å². The van der Waals surface area contributed by atoms with Crippen LogP contribution in [-0.4, -0.2) is 33.0 Å². The summed E-state index contributed by atoms with van der Waals surface area (Å²) in [5, 5.41) is 12.1. The molecule has 3 aromatic rings. The Morgan fingerprint density at radius 3 is 2.65 bits per heavy atom. The van der Waals surface area contributed by atoms with E-state index in [1.807, 2.05) is 68.8 Å². The fourth-order valence-electron chi connectivity index (χ4n) is 3.07. The Morgan fingerprint density at radius 1 is 1.13 bits per heavy atom. The number of aromatic nitrogens is 3. The van der Waals surface area contributed by atoms with Crippen molar-refractivity contribution in [2.45, 2.75) is 39.0 Å². The van der Waals surface area contributed by atoms with Gasteiger partial charge < -0.3 is 19.4 Å². The Balaban J connectivity index is 1.61. The summed E-state index contributed by atoms with van der Waals surface area (Å²) < 4.78 is 13.5. The maximum absolute atomic E-state index is 12.4. The zero-order chi connectivity index (χ0) is 22.4. The van der Waals surface area contributed by atoms with Gasteiger partial charge in [-0.15, -0.1) is 10.2 Å². The molecule has 0 radical (unpaired) electrons. The van der Waals surface area contributed by atoms with Crippen LogP contribution >= 0.6 is 11.8 Å². The average Bonchev–Trinajstić information content (AvgIpc) is 3.12. The Hall–Kier alpha value is -3.00. The van der Waals surface area contributed by atoms with Crippen LogP contribution in [0.2, 0.25) is 0 Å². The van der Waals surface area contributed by atoms with Crippen molar-refractivity contribution in [1.82, 2.24) is 14.8 Å². The molecule has 1 atom stereocenters. The highest BCUT2D eigenvalue weighted by Crippen LogP contribution is 2.28. The molecule has 164 valence electrons. The van der Waals surface area contributed by atoms with Crippen molar-refractivity contribution in [3.8, 4) is 11.5 Å². The number of anilines is 1. The van der Waals surface area contributed by atoms with Crippen molar-refractivity contribution in [2.24, 2.45) is 7.05 Å². The summed E-state index contributed by atoms with van der Waals surface area (Å²) in [6.07, 6.45) is -0.278. The highest BCUT2D eigenvalue weighted by molar-refractivity contribution is 7.99. The molecule has 0 aliphatic heterocycles. The second kappa shape index (κ2) is 10.3. The summed E-state index contributed by atoms with van der Waals surface area (Å²) in [5.74, 6) is 2.25. The van der Waals surface area contributed by atoms with Crippen LogP contribution in [0.25, 0.3) is 0 Å². The van der Waals surface area contributed by atoms with Crippen molar-refractivity contribution >= 4 is 23.4 Å². The number of rotatable bonds is 9. The number of nitrogens with one attached hydrogen (secondary N) is 1. The molecule has 1 heterocycles. The van der Waals surface area contributed by atoms with E-state index in [1.165, 1.54) is 17.3 Å². The third kappa shape index (κ3) is 5.58. The Morgan fingerprint density at radius 2 is 1.87 bits per heavy atom. The summed E-state index contributed by atoms with van der Waals surface area (Å²) in [5.41, 5.74) is 2.94. The minimum Gasteiger partial charge on any atom is -0.492 e. The molecule has 1 unspecified atom stereocenters. The van der Waals surface area contributed by atoms with Crippen LogP contribution in [-0.2, 0) is 11.8 Å². The molecule has 0 bridgehead atoms. The fourth-order valence-corrected chi connectivity index (χ4v) is 3.79. The van der Waals surface area contributed by atoms with E-state index < -0.39 is 0 Å². The third-order valence-electron chi connectivity index (χ3n) is 4.88. The van der Waals surface area contributed by atoms with Crippen LogP contribution in [0.1, 0.15) is 36.9 Å². The minimum absolute atomic E-state index is 0.138. The predicted molar refractivity (Wildman–Crippen MR) is 123 cm³/mol. The fraction of sp³-hybridized carbons (Fsp3) is 0.348. The molecule has 31 heavy (non-hydrogen) atoms. The van der Waals surface area contributed by atoms with Crippen LogP contribution in [0.3, 0.4) is 0 Å². The largest absolute Gasteiger partial charge is 0.492 e.